The summed E-state index contributed by atoms with van der Waals surface area (Å²) in [6.45, 7) is 7.15. The van der Waals surface area contributed by atoms with Crippen molar-refractivity contribution in [2.45, 2.75) is 46.1 Å². The fourth-order valence-corrected chi connectivity index (χ4v) is 4.31. The van der Waals surface area contributed by atoms with E-state index in [1.165, 1.54) is 6.07 Å². The first-order valence-electron chi connectivity index (χ1n) is 11.4. The Bertz CT molecular complexity index is 1270. The third-order valence-electron chi connectivity index (χ3n) is 4.84. The van der Waals surface area contributed by atoms with Gasteiger partial charge in [0.1, 0.15) is 35.1 Å². The van der Waals surface area contributed by atoms with Gasteiger partial charge in [-0.2, -0.15) is 20.9 Å². The molecule has 37 heavy (non-hydrogen) atoms. The largest absolute Gasteiger partial charge is 0.477 e. The van der Waals surface area contributed by atoms with E-state index in [0.717, 1.165) is 27.4 Å². The van der Waals surface area contributed by atoms with Gasteiger partial charge in [0, 0.05) is 12.0 Å². The van der Waals surface area contributed by atoms with Crippen molar-refractivity contribution in [1.29, 1.82) is 15.8 Å². The number of carbonyl (C=O) groups excluding carboxylic acids is 1. The molecule has 0 aliphatic carbocycles. The molecule has 2 aromatic carbocycles. The molecular weight excluding hydrogens is 490 g/mol. The summed E-state index contributed by atoms with van der Waals surface area (Å²) in [5.41, 5.74) is 3.88. The summed E-state index contributed by atoms with van der Waals surface area (Å²) in [5.74, 6) is 0.811. The second-order valence-electron chi connectivity index (χ2n) is 8.87. The number of hydrogen-bond acceptors (Lipinski definition) is 10. The molecule has 0 amide bonds. The molecule has 0 radical (unpaired) electrons. The van der Waals surface area contributed by atoms with Crippen LogP contribution in [0.1, 0.15) is 49.4 Å². The Morgan fingerprint density at radius 1 is 1.16 bits per heavy atom. The van der Waals surface area contributed by atoms with E-state index in [4.69, 9.17) is 30.2 Å². The van der Waals surface area contributed by atoms with Gasteiger partial charge in [-0.25, -0.2) is 0 Å². The van der Waals surface area contributed by atoms with Crippen molar-refractivity contribution < 1.29 is 19.4 Å². The predicted molar refractivity (Wildman–Crippen MR) is 142 cm³/mol. The number of thioether (sulfide) groups is 1. The van der Waals surface area contributed by atoms with Crippen molar-refractivity contribution in [2.75, 3.05) is 24.1 Å². The molecule has 0 atom stereocenters. The molecule has 1 heterocycles. The Morgan fingerprint density at radius 2 is 1.89 bits per heavy atom. The molecule has 9 nitrogen and oxygen atoms in total. The lowest BCUT2D eigenvalue weighted by Crippen LogP contribution is -2.24. The molecule has 1 aliphatic rings. The first-order chi connectivity index (χ1) is 17.6. The number of benzene rings is 2. The number of carbonyl (C=O) groups is 1. The Balaban J connectivity index is 0.00000112. The number of anilines is 1. The molecule has 0 aromatic heterocycles. The normalized spacial score (nSPS) is 12.3. The van der Waals surface area contributed by atoms with E-state index in [2.05, 4.69) is 12.1 Å². The predicted octanol–water partition coefficient (Wildman–Crippen LogP) is 4.42. The highest BCUT2D eigenvalue weighted by Crippen LogP contribution is 2.32. The molecule has 10 heteroatoms. The van der Waals surface area contributed by atoms with Gasteiger partial charge in [-0.15, -0.1) is 0 Å². The quantitative estimate of drug-likeness (QED) is 0.415. The molecule has 192 valence electrons. The summed E-state index contributed by atoms with van der Waals surface area (Å²) >= 11 is 1.62. The van der Waals surface area contributed by atoms with Crippen molar-refractivity contribution in [3.63, 3.8) is 0 Å². The van der Waals surface area contributed by atoms with E-state index < -0.39 is 5.60 Å². The standard InChI is InChI=1S/C25H26N4O3S.C2H3NO/c1-17-13-18(6-10-23(30)32-25(2,3)4)5-8-21(17)24-28-29(16-33-24)20-7-9-22(31-12-11-26)19(14-20)15-27;3-1-2-4/h5,7-9,13-14H,6,10,12,16H2,1-4H3;4H,2H2. The van der Waals surface area contributed by atoms with Crippen molar-refractivity contribution in [2.24, 2.45) is 5.10 Å². The summed E-state index contributed by atoms with van der Waals surface area (Å²) in [6, 6.07) is 16.9. The Kier molecular flexibility index (Phi) is 11.0. The van der Waals surface area contributed by atoms with E-state index >= 15 is 0 Å². The number of nitrogens with zero attached hydrogens (tertiary/aromatic N) is 5. The lowest BCUT2D eigenvalue weighted by molar-refractivity contribution is -0.154. The van der Waals surface area contributed by atoms with E-state index in [-0.39, 0.29) is 19.2 Å². The number of aryl methyl sites for hydroxylation is 2. The molecule has 1 aliphatic heterocycles. The van der Waals surface area contributed by atoms with Crippen molar-refractivity contribution in [3.05, 3.63) is 58.7 Å². The SMILES string of the molecule is Cc1cc(CCC(=O)OC(C)(C)C)ccc1C1=NN(c2ccc(OCC#N)c(C#N)c2)CS1.N#CCO. The lowest BCUT2D eigenvalue weighted by atomic mass is 10.0. The van der Waals surface area contributed by atoms with Gasteiger partial charge >= 0.3 is 5.97 Å². The van der Waals surface area contributed by atoms with Crippen LogP contribution in [0.2, 0.25) is 0 Å². The molecule has 0 bridgehead atoms. The first kappa shape index (κ1) is 29.2. The van der Waals surface area contributed by atoms with Crippen LogP contribution < -0.4 is 9.75 Å². The zero-order valence-corrected chi connectivity index (χ0v) is 22.1. The van der Waals surface area contributed by atoms with Crippen LogP contribution in [-0.2, 0) is 16.0 Å². The molecule has 0 unspecified atom stereocenters. The number of nitriles is 3. The summed E-state index contributed by atoms with van der Waals surface area (Å²) in [7, 11) is 0. The number of hydrazone groups is 1. The van der Waals surface area contributed by atoms with Gasteiger partial charge in [-0.1, -0.05) is 30.0 Å². The average molecular weight is 520 g/mol. The number of rotatable bonds is 7. The Hall–Kier alpha value is -4.04. The van der Waals surface area contributed by atoms with Gasteiger partial charge in [0.05, 0.1) is 23.2 Å². The molecule has 1 N–H and O–H groups in total. The minimum atomic E-state index is -0.474. The highest BCUT2D eigenvalue weighted by molar-refractivity contribution is 8.14. The highest BCUT2D eigenvalue weighted by Gasteiger charge is 2.21. The minimum absolute atomic E-state index is 0.108. The second kappa shape index (κ2) is 13.9. The van der Waals surface area contributed by atoms with Crippen LogP contribution in [-0.4, -0.2) is 40.8 Å². The van der Waals surface area contributed by atoms with Gasteiger partial charge < -0.3 is 14.6 Å². The number of esters is 1. The van der Waals surface area contributed by atoms with Crippen LogP contribution in [0.3, 0.4) is 0 Å². The summed E-state index contributed by atoms with van der Waals surface area (Å²) < 4.78 is 10.7. The summed E-state index contributed by atoms with van der Waals surface area (Å²) in [5, 5.41) is 40.5. The molecule has 3 rings (SSSR count). The van der Waals surface area contributed by atoms with Crippen LogP contribution in [0.5, 0.6) is 5.75 Å². The molecule has 0 spiro atoms. The zero-order chi connectivity index (χ0) is 27.4. The van der Waals surface area contributed by atoms with Crippen LogP contribution in [0, 0.1) is 40.9 Å². The summed E-state index contributed by atoms with van der Waals surface area (Å²) in [6.07, 6.45) is 0.966. The number of hydrogen-bond donors (Lipinski definition) is 1. The minimum Gasteiger partial charge on any atom is -0.477 e. The number of ether oxygens (including phenoxy) is 2. The molecule has 0 saturated heterocycles. The maximum Gasteiger partial charge on any atom is 0.306 e. The lowest BCUT2D eigenvalue weighted by Gasteiger charge is -2.19. The maximum atomic E-state index is 12.0. The van der Waals surface area contributed by atoms with Crippen LogP contribution in [0.25, 0.3) is 0 Å². The van der Waals surface area contributed by atoms with Gasteiger partial charge in [0.15, 0.2) is 6.61 Å². The zero-order valence-electron chi connectivity index (χ0n) is 21.3. The van der Waals surface area contributed by atoms with Gasteiger partial charge in [-0.05, 0) is 63.4 Å². The molecule has 2 aromatic rings. The topological polar surface area (TPSA) is 143 Å². The van der Waals surface area contributed by atoms with Crippen LogP contribution in [0.15, 0.2) is 41.5 Å². The maximum absolute atomic E-state index is 12.0. The third-order valence-corrected chi connectivity index (χ3v) is 5.79. The molecule has 0 fully saturated rings. The van der Waals surface area contributed by atoms with E-state index in [0.29, 0.717) is 30.0 Å². The monoisotopic (exact) mass is 519 g/mol. The average Bonchev–Trinajstić information content (AvgIpc) is 3.35. The van der Waals surface area contributed by atoms with E-state index in [1.54, 1.807) is 23.9 Å². The smallest absolute Gasteiger partial charge is 0.306 e. The van der Waals surface area contributed by atoms with E-state index in [1.807, 2.05) is 57.0 Å². The third kappa shape index (κ3) is 9.16. The van der Waals surface area contributed by atoms with Crippen LogP contribution >= 0.6 is 11.8 Å². The number of aliphatic hydroxyl groups excluding tert-OH is 1. The van der Waals surface area contributed by atoms with E-state index in [9.17, 15) is 10.1 Å². The fourth-order valence-electron chi connectivity index (χ4n) is 3.32. The van der Waals surface area contributed by atoms with Crippen molar-refractivity contribution in [3.8, 4) is 24.0 Å². The van der Waals surface area contributed by atoms with Gasteiger partial charge in [0.2, 0.25) is 0 Å². The molecular formula is C27H29N5O4S. The fraction of sp³-hybridized carbons (Fsp3) is 0.370. The Morgan fingerprint density at radius 3 is 2.49 bits per heavy atom. The number of aliphatic hydroxyl groups is 1. The van der Waals surface area contributed by atoms with Crippen LogP contribution in [0.4, 0.5) is 5.69 Å². The van der Waals surface area contributed by atoms with Crippen molar-refractivity contribution >= 4 is 28.5 Å². The highest BCUT2D eigenvalue weighted by atomic mass is 32.2. The van der Waals surface area contributed by atoms with Crippen molar-refractivity contribution in [1.82, 2.24) is 0 Å². The first-order valence-corrected chi connectivity index (χ1v) is 12.4. The molecule has 0 saturated carbocycles. The van der Waals surface area contributed by atoms with Gasteiger partial charge in [-0.3, -0.25) is 9.80 Å². The second-order valence-corrected chi connectivity index (χ2v) is 9.80. The Labute approximate surface area is 221 Å². The van der Waals surface area contributed by atoms with Gasteiger partial charge in [0.25, 0.3) is 0 Å². The summed E-state index contributed by atoms with van der Waals surface area (Å²) in [4.78, 5) is 12.0.